The number of benzene rings is 1. The minimum atomic E-state index is -4.04. The third-order valence-electron chi connectivity index (χ3n) is 5.47. The van der Waals surface area contributed by atoms with E-state index in [1.807, 2.05) is 6.92 Å². The van der Waals surface area contributed by atoms with Crippen molar-refractivity contribution in [3.8, 4) is 17.1 Å². The maximum atomic E-state index is 13.2. The normalized spacial score (nSPS) is 11.4. The minimum absolute atomic E-state index is 0.0597. The zero-order valence-corrected chi connectivity index (χ0v) is 21.1. The fraction of sp³-hybridized carbons (Fsp3) is 0.292. The van der Waals surface area contributed by atoms with Gasteiger partial charge in [-0.3, -0.25) is 14.2 Å². The zero-order chi connectivity index (χ0) is 26.0. The zero-order valence-electron chi connectivity index (χ0n) is 20.3. The molecule has 0 amide bonds. The maximum Gasteiger partial charge on any atom is 0.277 e. The largest absolute Gasteiger partial charge is 0.493 e. The summed E-state index contributed by atoms with van der Waals surface area (Å²) in [5.74, 6) is 0.751. The Hall–Kier alpha value is -4.24. The lowest BCUT2D eigenvalue weighted by molar-refractivity contribution is 0.341. The van der Waals surface area contributed by atoms with Crippen molar-refractivity contribution in [2.45, 2.75) is 38.5 Å². The second-order valence-electron chi connectivity index (χ2n) is 8.10. The molecule has 4 aromatic rings. The standard InChI is InChI=1S/C24H25N7O4S/c1-6-8-18-20-21(31(5)29-18)24(32)28-23(27-20)17-12-16(9-10-19(17)35-7-2)36(33,34)30-15-11-14(3)22(25-4)26-13-15/h9-13,30H,6-8H2,1-3,5H3,(H,27,28,32). The Kier molecular flexibility index (Phi) is 6.76. The van der Waals surface area contributed by atoms with Crippen LogP contribution in [0.4, 0.5) is 11.5 Å². The van der Waals surface area contributed by atoms with Crippen LogP contribution >= 0.6 is 0 Å². The van der Waals surface area contributed by atoms with E-state index in [2.05, 4.69) is 29.6 Å². The van der Waals surface area contributed by atoms with Crippen LogP contribution in [0.15, 0.2) is 40.2 Å². The van der Waals surface area contributed by atoms with E-state index >= 15 is 0 Å². The summed E-state index contributed by atoms with van der Waals surface area (Å²) in [5, 5.41) is 4.43. The van der Waals surface area contributed by atoms with E-state index in [1.54, 1.807) is 20.9 Å². The fourth-order valence-electron chi connectivity index (χ4n) is 3.88. The predicted molar refractivity (Wildman–Crippen MR) is 136 cm³/mol. The Morgan fingerprint density at radius 3 is 2.69 bits per heavy atom. The second kappa shape index (κ2) is 9.79. The number of fused-ring (bicyclic) bond motifs is 1. The van der Waals surface area contributed by atoms with Gasteiger partial charge in [0.15, 0.2) is 5.52 Å². The van der Waals surface area contributed by atoms with Crippen LogP contribution < -0.4 is 15.0 Å². The molecule has 0 aliphatic heterocycles. The van der Waals surface area contributed by atoms with Crippen LogP contribution in [0.1, 0.15) is 31.5 Å². The van der Waals surface area contributed by atoms with Gasteiger partial charge in [-0.1, -0.05) is 19.9 Å². The summed E-state index contributed by atoms with van der Waals surface area (Å²) in [6.45, 7) is 12.9. The van der Waals surface area contributed by atoms with Crippen LogP contribution in [0.3, 0.4) is 0 Å². The van der Waals surface area contributed by atoms with E-state index in [0.29, 0.717) is 46.6 Å². The molecule has 0 aliphatic carbocycles. The van der Waals surface area contributed by atoms with Gasteiger partial charge in [0.2, 0.25) is 0 Å². The molecule has 3 aromatic heterocycles. The molecule has 186 valence electrons. The van der Waals surface area contributed by atoms with E-state index in [-0.39, 0.29) is 27.8 Å². The number of hydrogen-bond donors (Lipinski definition) is 2. The number of aromatic amines is 1. The number of pyridine rings is 1. The number of hydrogen-bond acceptors (Lipinski definition) is 7. The molecule has 0 saturated carbocycles. The third kappa shape index (κ3) is 4.65. The van der Waals surface area contributed by atoms with Crippen LogP contribution in [-0.4, -0.2) is 39.8 Å². The summed E-state index contributed by atoms with van der Waals surface area (Å²) in [4.78, 5) is 27.6. The molecule has 0 bridgehead atoms. The van der Waals surface area contributed by atoms with E-state index in [1.165, 1.54) is 35.1 Å². The van der Waals surface area contributed by atoms with Crippen molar-refractivity contribution in [2.24, 2.45) is 7.05 Å². The van der Waals surface area contributed by atoms with Gasteiger partial charge in [0.05, 0.1) is 28.4 Å². The third-order valence-corrected chi connectivity index (χ3v) is 6.85. The van der Waals surface area contributed by atoms with Crippen LogP contribution in [0, 0.1) is 13.5 Å². The molecule has 0 aliphatic rings. The molecule has 0 saturated heterocycles. The number of sulfonamides is 1. The highest BCUT2D eigenvalue weighted by atomic mass is 32.2. The van der Waals surface area contributed by atoms with Crippen LogP contribution in [-0.2, 0) is 23.5 Å². The molecular weight excluding hydrogens is 482 g/mol. The summed E-state index contributed by atoms with van der Waals surface area (Å²) in [5.41, 5.74) is 2.21. The van der Waals surface area contributed by atoms with Gasteiger partial charge < -0.3 is 14.6 Å². The summed E-state index contributed by atoms with van der Waals surface area (Å²) in [6, 6.07) is 5.88. The molecule has 0 unspecified atom stereocenters. The van der Waals surface area contributed by atoms with Crippen molar-refractivity contribution in [1.82, 2.24) is 24.7 Å². The van der Waals surface area contributed by atoms with Gasteiger partial charge in [-0.25, -0.2) is 13.4 Å². The Balaban J connectivity index is 1.83. The van der Waals surface area contributed by atoms with Gasteiger partial charge in [0.1, 0.15) is 23.3 Å². The quantitative estimate of drug-likeness (QED) is 0.347. The van der Waals surface area contributed by atoms with Crippen molar-refractivity contribution < 1.29 is 13.2 Å². The highest BCUT2D eigenvalue weighted by Gasteiger charge is 2.22. The minimum Gasteiger partial charge on any atom is -0.493 e. The van der Waals surface area contributed by atoms with Crippen molar-refractivity contribution >= 4 is 32.6 Å². The molecule has 36 heavy (non-hydrogen) atoms. The van der Waals surface area contributed by atoms with Crippen LogP contribution in [0.25, 0.3) is 27.3 Å². The SMILES string of the molecule is [C-]#[N+]c1ncc(NS(=O)(=O)c2ccc(OCC)c(-c3nc4c(CCC)nn(C)c4c(=O)[nH]3)c2)cc1C. The van der Waals surface area contributed by atoms with Gasteiger partial charge in [-0.15, -0.1) is 4.98 Å². The smallest absolute Gasteiger partial charge is 0.277 e. The Morgan fingerprint density at radius 1 is 1.25 bits per heavy atom. The van der Waals surface area contributed by atoms with E-state index in [9.17, 15) is 13.2 Å². The fourth-order valence-corrected chi connectivity index (χ4v) is 4.94. The number of aryl methyl sites for hydroxylation is 3. The van der Waals surface area contributed by atoms with E-state index in [4.69, 9.17) is 11.3 Å². The molecule has 12 heteroatoms. The Bertz CT molecular complexity index is 1670. The number of nitrogens with zero attached hydrogens (tertiary/aromatic N) is 5. The molecule has 0 spiro atoms. The molecule has 0 atom stereocenters. The van der Waals surface area contributed by atoms with Gasteiger partial charge >= 0.3 is 0 Å². The van der Waals surface area contributed by atoms with E-state index < -0.39 is 10.0 Å². The number of H-pyrrole nitrogens is 1. The van der Waals surface area contributed by atoms with Gasteiger partial charge in [-0.05, 0) is 50.1 Å². The number of aromatic nitrogens is 5. The molecule has 0 fully saturated rings. The topological polar surface area (TPSA) is 136 Å². The van der Waals surface area contributed by atoms with Crippen molar-refractivity contribution in [3.63, 3.8) is 0 Å². The monoisotopic (exact) mass is 507 g/mol. The maximum absolute atomic E-state index is 13.2. The number of ether oxygens (including phenoxy) is 1. The summed E-state index contributed by atoms with van der Waals surface area (Å²) in [6.07, 6.45) is 2.76. The van der Waals surface area contributed by atoms with Gasteiger partial charge in [-0.2, -0.15) is 5.10 Å². The summed E-state index contributed by atoms with van der Waals surface area (Å²) < 4.78 is 36.1. The molecular formula is C24H25N7O4S. The molecule has 1 aromatic carbocycles. The highest BCUT2D eigenvalue weighted by molar-refractivity contribution is 7.92. The first-order valence-electron chi connectivity index (χ1n) is 11.3. The van der Waals surface area contributed by atoms with Crippen molar-refractivity contribution in [2.75, 3.05) is 11.3 Å². The summed E-state index contributed by atoms with van der Waals surface area (Å²) >= 11 is 0. The predicted octanol–water partition coefficient (Wildman–Crippen LogP) is 3.73. The number of nitrogens with one attached hydrogen (secondary N) is 2. The first-order chi connectivity index (χ1) is 17.2. The van der Waals surface area contributed by atoms with Gasteiger partial charge in [0, 0.05) is 7.05 Å². The Labute approximate surface area is 208 Å². The number of rotatable bonds is 8. The average Bonchev–Trinajstić information content (AvgIpc) is 3.15. The molecule has 11 nitrogen and oxygen atoms in total. The summed E-state index contributed by atoms with van der Waals surface area (Å²) in [7, 11) is -2.35. The lowest BCUT2D eigenvalue weighted by atomic mass is 10.1. The van der Waals surface area contributed by atoms with Gasteiger partial charge in [0.25, 0.3) is 21.4 Å². The lowest BCUT2D eigenvalue weighted by Gasteiger charge is -2.13. The lowest BCUT2D eigenvalue weighted by Crippen LogP contribution is -2.15. The first kappa shape index (κ1) is 24.9. The molecule has 4 rings (SSSR count). The van der Waals surface area contributed by atoms with Crippen molar-refractivity contribution in [3.05, 3.63) is 63.5 Å². The molecule has 0 radical (unpaired) electrons. The van der Waals surface area contributed by atoms with Crippen molar-refractivity contribution in [1.29, 1.82) is 0 Å². The number of anilines is 1. The first-order valence-corrected chi connectivity index (χ1v) is 12.8. The Morgan fingerprint density at radius 2 is 2.03 bits per heavy atom. The highest BCUT2D eigenvalue weighted by Crippen LogP contribution is 2.32. The second-order valence-corrected chi connectivity index (χ2v) is 9.79. The van der Waals surface area contributed by atoms with Crippen LogP contribution in [0.2, 0.25) is 0 Å². The molecule has 2 N–H and O–H groups in total. The van der Waals surface area contributed by atoms with E-state index in [0.717, 1.165) is 6.42 Å². The molecule has 3 heterocycles. The van der Waals surface area contributed by atoms with Crippen LogP contribution in [0.5, 0.6) is 5.75 Å². The average molecular weight is 508 g/mol.